The van der Waals surface area contributed by atoms with E-state index in [4.69, 9.17) is 9.84 Å². The molecule has 0 saturated carbocycles. The smallest absolute Gasteiger partial charge is 0.129 e. The second-order valence-electron chi connectivity index (χ2n) is 5.50. The molecule has 0 saturated heterocycles. The number of aliphatic hydroxyl groups excluding tert-OH is 1. The summed E-state index contributed by atoms with van der Waals surface area (Å²) in [5.74, 6) is 3.22. The summed E-state index contributed by atoms with van der Waals surface area (Å²) in [7, 11) is -1.30. The second kappa shape index (κ2) is 6.74. The number of aliphatic hydroxyl groups is 1. The molecule has 0 spiro atoms. The lowest BCUT2D eigenvalue weighted by atomic mass is 10.1. The van der Waals surface area contributed by atoms with Gasteiger partial charge in [-0.1, -0.05) is 37.7 Å². The van der Waals surface area contributed by atoms with Gasteiger partial charge in [0.2, 0.25) is 0 Å². The van der Waals surface area contributed by atoms with Gasteiger partial charge in [0, 0.05) is 5.56 Å². The van der Waals surface area contributed by atoms with Gasteiger partial charge in [0.1, 0.15) is 8.07 Å². The summed E-state index contributed by atoms with van der Waals surface area (Å²) in [4.78, 5) is 0. The van der Waals surface area contributed by atoms with Crippen molar-refractivity contribution in [1.82, 2.24) is 0 Å². The molecule has 0 fully saturated rings. The minimum Gasteiger partial charge on any atom is -0.394 e. The van der Waals surface area contributed by atoms with Crippen molar-refractivity contribution in [2.45, 2.75) is 39.3 Å². The molecule has 1 aromatic carbocycles. The maximum Gasteiger partial charge on any atom is 0.129 e. The predicted octanol–water partition coefficient (Wildman–Crippen LogP) is 2.81. The van der Waals surface area contributed by atoms with Gasteiger partial charge in [0.15, 0.2) is 0 Å². The van der Waals surface area contributed by atoms with Crippen molar-refractivity contribution in [2.24, 2.45) is 0 Å². The van der Waals surface area contributed by atoms with Gasteiger partial charge in [0.05, 0.1) is 19.3 Å². The first-order valence-corrected chi connectivity index (χ1v) is 9.75. The normalized spacial score (nSPS) is 12.7. The van der Waals surface area contributed by atoms with Crippen molar-refractivity contribution >= 4 is 8.07 Å². The highest BCUT2D eigenvalue weighted by Crippen LogP contribution is 2.07. The molecule has 0 bridgehead atoms. The van der Waals surface area contributed by atoms with Gasteiger partial charge in [-0.3, -0.25) is 0 Å². The molecule has 0 radical (unpaired) electrons. The number of hydrogen-bond donors (Lipinski definition) is 1. The summed E-state index contributed by atoms with van der Waals surface area (Å²) in [5, 5.41) is 8.86. The molecule has 1 unspecified atom stereocenters. The lowest BCUT2D eigenvalue weighted by molar-refractivity contribution is 0.0145. The van der Waals surface area contributed by atoms with E-state index in [0.29, 0.717) is 6.61 Å². The van der Waals surface area contributed by atoms with Gasteiger partial charge in [-0.05, 0) is 24.6 Å². The highest BCUT2D eigenvalue weighted by molar-refractivity contribution is 6.83. The zero-order valence-corrected chi connectivity index (χ0v) is 12.7. The van der Waals surface area contributed by atoms with Crippen LogP contribution in [-0.2, 0) is 11.3 Å². The van der Waals surface area contributed by atoms with Crippen LogP contribution in [0.15, 0.2) is 24.3 Å². The molecule has 0 aromatic heterocycles. The van der Waals surface area contributed by atoms with Crippen LogP contribution in [0.5, 0.6) is 0 Å². The van der Waals surface area contributed by atoms with Crippen LogP contribution in [0.1, 0.15) is 18.1 Å². The van der Waals surface area contributed by atoms with Crippen LogP contribution in [0.3, 0.4) is 0 Å². The fraction of sp³-hybridized carbons (Fsp3) is 0.467. The van der Waals surface area contributed by atoms with Crippen LogP contribution in [0, 0.1) is 11.5 Å². The number of ether oxygens (including phenoxy) is 1. The average molecular weight is 262 g/mol. The molecular formula is C15H22O2Si. The summed E-state index contributed by atoms with van der Waals surface area (Å²) < 4.78 is 5.45. The predicted molar refractivity (Wildman–Crippen MR) is 78.0 cm³/mol. The van der Waals surface area contributed by atoms with Crippen LogP contribution in [0.4, 0.5) is 0 Å². The van der Waals surface area contributed by atoms with E-state index in [9.17, 15) is 0 Å². The molecule has 1 atom stereocenters. The van der Waals surface area contributed by atoms with E-state index in [0.717, 1.165) is 11.1 Å². The summed E-state index contributed by atoms with van der Waals surface area (Å²) in [6.07, 6.45) is -0.114. The van der Waals surface area contributed by atoms with E-state index in [1.54, 1.807) is 0 Å². The molecule has 1 rings (SSSR count). The fourth-order valence-electron chi connectivity index (χ4n) is 1.24. The molecule has 3 heteroatoms. The van der Waals surface area contributed by atoms with Crippen molar-refractivity contribution in [1.29, 1.82) is 0 Å². The largest absolute Gasteiger partial charge is 0.394 e. The molecular weight excluding hydrogens is 240 g/mol. The first kappa shape index (κ1) is 15.0. The molecule has 18 heavy (non-hydrogen) atoms. The molecule has 98 valence electrons. The molecule has 0 amide bonds. The highest BCUT2D eigenvalue weighted by Gasteiger charge is 2.07. The van der Waals surface area contributed by atoms with Crippen molar-refractivity contribution in [2.75, 3.05) is 6.61 Å². The van der Waals surface area contributed by atoms with E-state index in [1.807, 2.05) is 31.2 Å². The third-order valence-electron chi connectivity index (χ3n) is 2.33. The summed E-state index contributed by atoms with van der Waals surface area (Å²) >= 11 is 0. The van der Waals surface area contributed by atoms with Gasteiger partial charge in [-0.2, -0.15) is 0 Å². The molecule has 0 aliphatic heterocycles. The van der Waals surface area contributed by atoms with Crippen molar-refractivity contribution in [3.05, 3.63) is 35.4 Å². The standard InChI is InChI=1S/C15H22O2Si/c1-13(11-16)17-12-15-7-5-14(6-8-15)9-10-18(2,3)4/h5-8,13,16H,11-12H2,1-4H3. The molecule has 1 N–H and O–H groups in total. The van der Waals surface area contributed by atoms with Crippen molar-refractivity contribution < 1.29 is 9.84 Å². The SMILES string of the molecule is CC(CO)OCc1ccc(C#C[Si](C)(C)C)cc1. The van der Waals surface area contributed by atoms with E-state index < -0.39 is 8.07 Å². The van der Waals surface area contributed by atoms with Gasteiger partial charge in [-0.25, -0.2) is 0 Å². The Kier molecular flexibility index (Phi) is 5.61. The minimum absolute atomic E-state index is 0.0553. The minimum atomic E-state index is -1.30. The summed E-state index contributed by atoms with van der Waals surface area (Å²) in [5.41, 5.74) is 5.50. The lowest BCUT2D eigenvalue weighted by Gasteiger charge is -2.09. The van der Waals surface area contributed by atoms with Gasteiger partial charge in [-0.15, -0.1) is 5.54 Å². The molecule has 0 aliphatic rings. The van der Waals surface area contributed by atoms with Crippen LogP contribution in [-0.4, -0.2) is 25.9 Å². The third kappa shape index (κ3) is 6.01. The van der Waals surface area contributed by atoms with Gasteiger partial charge < -0.3 is 9.84 Å². The summed E-state index contributed by atoms with van der Waals surface area (Å²) in [6, 6.07) is 8.10. The zero-order chi connectivity index (χ0) is 13.6. The number of hydrogen-bond acceptors (Lipinski definition) is 2. The first-order chi connectivity index (χ1) is 8.40. The highest BCUT2D eigenvalue weighted by atomic mass is 28.3. The van der Waals surface area contributed by atoms with Crippen LogP contribution < -0.4 is 0 Å². The number of rotatable bonds is 4. The van der Waals surface area contributed by atoms with Crippen LogP contribution in [0.25, 0.3) is 0 Å². The van der Waals surface area contributed by atoms with Crippen LogP contribution in [0.2, 0.25) is 19.6 Å². The summed E-state index contributed by atoms with van der Waals surface area (Å²) in [6.45, 7) is 9.15. The molecule has 1 aromatic rings. The first-order valence-electron chi connectivity index (χ1n) is 6.25. The van der Waals surface area contributed by atoms with Gasteiger partial charge >= 0.3 is 0 Å². The van der Waals surface area contributed by atoms with E-state index in [-0.39, 0.29) is 12.7 Å². The maximum atomic E-state index is 8.86. The Morgan fingerprint density at radius 3 is 2.33 bits per heavy atom. The van der Waals surface area contributed by atoms with Crippen molar-refractivity contribution in [3.8, 4) is 11.5 Å². The Labute approximate surface area is 111 Å². The van der Waals surface area contributed by atoms with Crippen LogP contribution >= 0.6 is 0 Å². The zero-order valence-electron chi connectivity index (χ0n) is 11.7. The van der Waals surface area contributed by atoms with E-state index >= 15 is 0 Å². The second-order valence-corrected chi connectivity index (χ2v) is 10.3. The van der Waals surface area contributed by atoms with E-state index in [2.05, 4.69) is 31.1 Å². The maximum absolute atomic E-state index is 8.86. The Morgan fingerprint density at radius 1 is 1.22 bits per heavy atom. The van der Waals surface area contributed by atoms with E-state index in [1.165, 1.54) is 0 Å². The molecule has 2 nitrogen and oxygen atoms in total. The molecule has 0 heterocycles. The Balaban J connectivity index is 2.60. The Hall–Kier alpha value is -1.08. The fourth-order valence-corrected chi connectivity index (χ4v) is 1.75. The monoisotopic (exact) mass is 262 g/mol. The van der Waals surface area contributed by atoms with Gasteiger partial charge in [0.25, 0.3) is 0 Å². The third-order valence-corrected chi connectivity index (χ3v) is 3.20. The lowest BCUT2D eigenvalue weighted by Crippen LogP contribution is -2.16. The van der Waals surface area contributed by atoms with Crippen molar-refractivity contribution in [3.63, 3.8) is 0 Å². The Morgan fingerprint density at radius 2 is 1.83 bits per heavy atom. The molecule has 0 aliphatic carbocycles. The topological polar surface area (TPSA) is 29.5 Å². The quantitative estimate of drug-likeness (QED) is 0.668. The Bertz CT molecular complexity index is 421. The number of benzene rings is 1. The average Bonchev–Trinajstić information content (AvgIpc) is 2.33.